The van der Waals surface area contributed by atoms with E-state index < -0.39 is 0 Å². The predicted molar refractivity (Wildman–Crippen MR) is 76.8 cm³/mol. The lowest BCUT2D eigenvalue weighted by molar-refractivity contribution is -0.903. The molecule has 1 amide bonds. The Morgan fingerprint density at radius 3 is 2.74 bits per heavy atom. The second-order valence-corrected chi connectivity index (χ2v) is 5.32. The minimum absolute atomic E-state index is 0.669. The van der Waals surface area contributed by atoms with Crippen molar-refractivity contribution in [3.05, 3.63) is 23.8 Å². The van der Waals surface area contributed by atoms with Gasteiger partial charge in [-0.1, -0.05) is 0 Å². The Hall–Kier alpha value is -1.75. The number of rotatable bonds is 8. The number of anilines is 1. The van der Waals surface area contributed by atoms with Gasteiger partial charge in [-0.05, 0) is 18.2 Å². The highest BCUT2D eigenvalue weighted by molar-refractivity contribution is 5.54. The third kappa shape index (κ3) is 5.18. The highest BCUT2D eigenvalue weighted by atomic mass is 16.5. The van der Waals surface area contributed by atoms with Crippen LogP contribution in [0.25, 0.3) is 0 Å². The maximum absolute atomic E-state index is 10.2. The average Bonchev–Trinajstić information content (AvgIpc) is 2.34. The molecule has 106 valence electrons. The molecule has 0 bridgehead atoms. The summed E-state index contributed by atoms with van der Waals surface area (Å²) in [6.07, 6.45) is 1.70. The first-order valence-electron chi connectivity index (χ1n) is 6.40. The number of hydrogen-bond donors (Lipinski definition) is 2. The Morgan fingerprint density at radius 2 is 2.16 bits per heavy atom. The van der Waals surface area contributed by atoms with E-state index >= 15 is 0 Å². The van der Waals surface area contributed by atoms with Crippen molar-refractivity contribution in [1.82, 2.24) is 5.32 Å². The zero-order valence-corrected chi connectivity index (χ0v) is 12.0. The number of amides is 1. The van der Waals surface area contributed by atoms with Crippen molar-refractivity contribution in [3.63, 3.8) is 0 Å². The summed E-state index contributed by atoms with van der Waals surface area (Å²) >= 11 is 0. The van der Waals surface area contributed by atoms with Crippen molar-refractivity contribution < 1.29 is 14.0 Å². The Kier molecular flexibility index (Phi) is 5.63. The molecule has 19 heavy (non-hydrogen) atoms. The molecular formula is C14H24N3O2+. The largest absolute Gasteiger partial charge is 0.495 e. The lowest BCUT2D eigenvalue weighted by Crippen LogP contribution is -2.40. The molecule has 0 saturated heterocycles. The molecule has 1 aromatic carbocycles. The molecule has 5 heteroatoms. The lowest BCUT2D eigenvalue weighted by Gasteiger charge is -2.30. The number of ether oxygens (including phenoxy) is 1. The maximum Gasteiger partial charge on any atom is 0.207 e. The normalized spacial score (nSPS) is 11.1. The van der Waals surface area contributed by atoms with Crippen LogP contribution in [0, 0.1) is 0 Å². The number of benzene rings is 1. The average molecular weight is 266 g/mol. The number of nitrogen functional groups attached to an aromatic ring is 1. The van der Waals surface area contributed by atoms with E-state index in [4.69, 9.17) is 10.5 Å². The van der Waals surface area contributed by atoms with Crippen molar-refractivity contribution in [2.45, 2.75) is 13.0 Å². The fourth-order valence-electron chi connectivity index (χ4n) is 2.12. The minimum atomic E-state index is 0.669. The molecule has 0 aliphatic carbocycles. The topological polar surface area (TPSA) is 64.3 Å². The number of hydrogen-bond acceptors (Lipinski definition) is 3. The molecule has 0 atom stereocenters. The van der Waals surface area contributed by atoms with Crippen LogP contribution in [0.3, 0.4) is 0 Å². The van der Waals surface area contributed by atoms with Gasteiger partial charge in [-0.15, -0.1) is 0 Å². The third-order valence-electron chi connectivity index (χ3n) is 3.07. The van der Waals surface area contributed by atoms with Crippen LogP contribution in [-0.4, -0.2) is 45.2 Å². The summed E-state index contributed by atoms with van der Waals surface area (Å²) < 4.78 is 6.00. The fourth-order valence-corrected chi connectivity index (χ4v) is 2.12. The fraction of sp³-hybridized carbons (Fsp3) is 0.500. The number of methoxy groups -OCH3 is 1. The second-order valence-electron chi connectivity index (χ2n) is 5.32. The summed E-state index contributed by atoms with van der Waals surface area (Å²) in [5.74, 6) is 0.712. The third-order valence-corrected chi connectivity index (χ3v) is 3.07. The maximum atomic E-state index is 10.2. The van der Waals surface area contributed by atoms with E-state index in [2.05, 4.69) is 19.4 Å². The Bertz CT molecular complexity index is 419. The van der Waals surface area contributed by atoms with Crippen LogP contribution in [-0.2, 0) is 11.3 Å². The van der Waals surface area contributed by atoms with E-state index in [0.717, 1.165) is 36.9 Å². The molecule has 0 spiro atoms. The van der Waals surface area contributed by atoms with Crippen LogP contribution in [0.2, 0.25) is 0 Å². The Balaban J connectivity index is 2.56. The Morgan fingerprint density at radius 1 is 1.42 bits per heavy atom. The Labute approximate surface area is 114 Å². The number of nitrogens with zero attached hydrogens (tertiary/aromatic N) is 1. The lowest BCUT2D eigenvalue weighted by atomic mass is 10.1. The van der Waals surface area contributed by atoms with Gasteiger partial charge in [0.05, 0.1) is 33.4 Å². The van der Waals surface area contributed by atoms with Crippen molar-refractivity contribution in [2.24, 2.45) is 0 Å². The van der Waals surface area contributed by atoms with Gasteiger partial charge >= 0.3 is 0 Å². The van der Waals surface area contributed by atoms with Crippen LogP contribution in [0.4, 0.5) is 5.69 Å². The summed E-state index contributed by atoms with van der Waals surface area (Å²) in [7, 11) is 5.95. The van der Waals surface area contributed by atoms with E-state index in [1.807, 2.05) is 18.2 Å². The van der Waals surface area contributed by atoms with Gasteiger partial charge in [0.25, 0.3) is 0 Å². The van der Waals surface area contributed by atoms with E-state index in [1.165, 1.54) is 5.56 Å². The number of carbonyl (C=O) groups excluding carboxylic acids is 1. The van der Waals surface area contributed by atoms with Crippen molar-refractivity contribution >= 4 is 12.1 Å². The molecule has 0 aliphatic rings. The molecular weight excluding hydrogens is 242 g/mol. The predicted octanol–water partition coefficient (Wildman–Crippen LogP) is 0.990. The first kappa shape index (κ1) is 15.3. The quantitative estimate of drug-likeness (QED) is 0.319. The molecule has 0 aromatic heterocycles. The SMILES string of the molecule is COc1ccc(C[N+](C)(C)CCCNC=O)cc1N. The van der Waals surface area contributed by atoms with Gasteiger partial charge in [0, 0.05) is 18.5 Å². The number of carbonyl (C=O) groups is 1. The molecule has 1 rings (SSSR count). The molecule has 3 N–H and O–H groups in total. The number of nitrogens with two attached hydrogens (primary N) is 1. The zero-order valence-electron chi connectivity index (χ0n) is 12.0. The van der Waals surface area contributed by atoms with Gasteiger partial charge in [-0.2, -0.15) is 0 Å². The number of quaternary nitrogens is 1. The molecule has 0 fully saturated rings. The van der Waals surface area contributed by atoms with E-state index in [9.17, 15) is 4.79 Å². The smallest absolute Gasteiger partial charge is 0.207 e. The second kappa shape index (κ2) is 6.99. The van der Waals surface area contributed by atoms with Gasteiger partial charge in [-0.3, -0.25) is 4.79 Å². The van der Waals surface area contributed by atoms with E-state index in [1.54, 1.807) is 7.11 Å². The summed E-state index contributed by atoms with van der Waals surface area (Å²) in [5, 5.41) is 2.68. The standard InChI is InChI=1S/C14H23N3O2/c1-17(2,8-4-7-16-11-18)10-12-5-6-14(19-3)13(15)9-12/h5-6,9,11H,4,7-8,10,15H2,1-3H3/p+1. The molecule has 1 aromatic rings. The van der Waals surface area contributed by atoms with Crippen molar-refractivity contribution in [3.8, 4) is 5.75 Å². The summed E-state index contributed by atoms with van der Waals surface area (Å²) in [5.41, 5.74) is 7.77. The van der Waals surface area contributed by atoms with E-state index in [-0.39, 0.29) is 0 Å². The highest BCUT2D eigenvalue weighted by Gasteiger charge is 2.16. The molecule has 0 unspecified atom stereocenters. The molecule has 5 nitrogen and oxygen atoms in total. The van der Waals surface area contributed by atoms with Gasteiger partial charge in [0.1, 0.15) is 12.3 Å². The van der Waals surface area contributed by atoms with Crippen molar-refractivity contribution in [2.75, 3.05) is 40.0 Å². The monoisotopic (exact) mass is 266 g/mol. The highest BCUT2D eigenvalue weighted by Crippen LogP contribution is 2.23. The summed E-state index contributed by atoms with van der Waals surface area (Å²) in [6, 6.07) is 5.90. The molecule has 0 aliphatic heterocycles. The van der Waals surface area contributed by atoms with E-state index in [0.29, 0.717) is 11.4 Å². The first-order valence-corrected chi connectivity index (χ1v) is 6.40. The van der Waals surface area contributed by atoms with Crippen LogP contribution in [0.5, 0.6) is 5.75 Å². The summed E-state index contributed by atoms with van der Waals surface area (Å²) in [4.78, 5) is 10.2. The van der Waals surface area contributed by atoms with Crippen LogP contribution < -0.4 is 15.8 Å². The molecule has 0 saturated carbocycles. The van der Waals surface area contributed by atoms with Crippen LogP contribution in [0.1, 0.15) is 12.0 Å². The molecule has 0 radical (unpaired) electrons. The van der Waals surface area contributed by atoms with Crippen LogP contribution >= 0.6 is 0 Å². The van der Waals surface area contributed by atoms with Gasteiger partial charge < -0.3 is 20.3 Å². The zero-order chi connectivity index (χ0) is 14.3. The number of nitrogens with one attached hydrogen (secondary N) is 1. The first-order chi connectivity index (χ1) is 8.98. The van der Waals surface area contributed by atoms with Crippen molar-refractivity contribution in [1.29, 1.82) is 0 Å². The van der Waals surface area contributed by atoms with Gasteiger partial charge in [0.2, 0.25) is 6.41 Å². The van der Waals surface area contributed by atoms with Crippen LogP contribution in [0.15, 0.2) is 18.2 Å². The van der Waals surface area contributed by atoms with Gasteiger partial charge in [-0.25, -0.2) is 0 Å². The summed E-state index contributed by atoms with van der Waals surface area (Å²) in [6.45, 7) is 2.61. The van der Waals surface area contributed by atoms with Gasteiger partial charge in [0.15, 0.2) is 0 Å². The minimum Gasteiger partial charge on any atom is -0.495 e. The molecule has 0 heterocycles.